The Morgan fingerprint density at radius 2 is 2.00 bits per heavy atom. The molecule has 0 spiro atoms. The molecule has 0 aliphatic heterocycles. The fraction of sp³-hybridized carbons (Fsp3) is 0.750. The van der Waals surface area contributed by atoms with Gasteiger partial charge in [-0.15, -0.1) is 0 Å². The number of carbonyl (C=O) groups is 1. The lowest BCUT2D eigenvalue weighted by molar-refractivity contribution is -0.139. The van der Waals surface area contributed by atoms with Crippen molar-refractivity contribution >= 4 is 16.0 Å². The number of hydrogen-bond acceptors (Lipinski definition) is 4. The van der Waals surface area contributed by atoms with E-state index in [0.29, 0.717) is 12.0 Å². The molecular formula is C16H25N3O4S. The standard InChI is InChI=1S/C16H25N3O4S/c1-19-15(13(10-17-19)12-7-8-12)24(22,23)18-14(16(20)21)9-11-5-3-2-4-6-11/h10-12,14,18H,2-9H2,1H3,(H,20,21)/t14-/m1/s1. The van der Waals surface area contributed by atoms with Gasteiger partial charge < -0.3 is 5.11 Å². The van der Waals surface area contributed by atoms with Crippen molar-refractivity contribution in [2.45, 2.75) is 68.4 Å². The molecule has 2 saturated carbocycles. The Morgan fingerprint density at radius 1 is 1.33 bits per heavy atom. The predicted octanol–water partition coefficient (Wildman–Crippen LogP) is 2.00. The van der Waals surface area contributed by atoms with Gasteiger partial charge in [-0.1, -0.05) is 32.1 Å². The second kappa shape index (κ2) is 6.84. The van der Waals surface area contributed by atoms with Crippen molar-refractivity contribution in [1.82, 2.24) is 14.5 Å². The summed E-state index contributed by atoms with van der Waals surface area (Å²) in [7, 11) is -2.33. The highest BCUT2D eigenvalue weighted by molar-refractivity contribution is 7.89. The van der Waals surface area contributed by atoms with E-state index >= 15 is 0 Å². The number of rotatable bonds is 7. The maximum atomic E-state index is 12.8. The minimum atomic E-state index is -3.91. The van der Waals surface area contributed by atoms with Crippen molar-refractivity contribution in [2.75, 3.05) is 0 Å². The van der Waals surface area contributed by atoms with Crippen LogP contribution in [0.4, 0.5) is 0 Å². The minimum Gasteiger partial charge on any atom is -0.480 e. The van der Waals surface area contributed by atoms with Gasteiger partial charge in [0.2, 0.25) is 0 Å². The van der Waals surface area contributed by atoms with Gasteiger partial charge in [0.05, 0.1) is 6.20 Å². The number of carboxylic acid groups (broad SMARTS) is 1. The van der Waals surface area contributed by atoms with Gasteiger partial charge in [-0.05, 0) is 31.1 Å². The molecule has 0 aromatic carbocycles. The van der Waals surface area contributed by atoms with Crippen molar-refractivity contribution in [3.8, 4) is 0 Å². The van der Waals surface area contributed by atoms with E-state index in [0.717, 1.165) is 38.5 Å². The van der Waals surface area contributed by atoms with Crippen LogP contribution in [-0.2, 0) is 21.9 Å². The van der Waals surface area contributed by atoms with Crippen LogP contribution in [0.25, 0.3) is 0 Å². The molecule has 0 bridgehead atoms. The number of aliphatic carboxylic acids is 1. The first-order valence-corrected chi connectivity index (χ1v) is 10.1. The Labute approximate surface area is 142 Å². The molecule has 1 aromatic heterocycles. The number of carboxylic acids is 1. The van der Waals surface area contributed by atoms with Gasteiger partial charge in [0, 0.05) is 12.6 Å². The van der Waals surface area contributed by atoms with Gasteiger partial charge in [0.1, 0.15) is 6.04 Å². The van der Waals surface area contributed by atoms with Gasteiger partial charge in [-0.3, -0.25) is 9.48 Å². The lowest BCUT2D eigenvalue weighted by Crippen LogP contribution is -2.43. The normalized spacial score (nSPS) is 20.9. The molecule has 1 heterocycles. The molecule has 1 atom stereocenters. The van der Waals surface area contributed by atoms with Crippen molar-refractivity contribution in [1.29, 1.82) is 0 Å². The van der Waals surface area contributed by atoms with E-state index in [1.165, 1.54) is 11.1 Å². The van der Waals surface area contributed by atoms with Crippen LogP contribution in [0.15, 0.2) is 11.2 Å². The molecule has 24 heavy (non-hydrogen) atoms. The lowest BCUT2D eigenvalue weighted by atomic mass is 9.85. The van der Waals surface area contributed by atoms with Crippen LogP contribution >= 0.6 is 0 Å². The average molecular weight is 355 g/mol. The summed E-state index contributed by atoms with van der Waals surface area (Å²) in [5, 5.41) is 13.6. The molecule has 1 aromatic rings. The Kier molecular flexibility index (Phi) is 4.96. The second-order valence-corrected chi connectivity index (χ2v) is 8.68. The number of aryl methyl sites for hydroxylation is 1. The summed E-state index contributed by atoms with van der Waals surface area (Å²) in [6.07, 6.45) is 9.18. The molecule has 3 rings (SSSR count). The highest BCUT2D eigenvalue weighted by Crippen LogP contribution is 2.42. The van der Waals surface area contributed by atoms with Gasteiger partial charge in [0.15, 0.2) is 5.03 Å². The summed E-state index contributed by atoms with van der Waals surface area (Å²) in [5.41, 5.74) is 0.701. The monoisotopic (exact) mass is 355 g/mol. The van der Waals surface area contributed by atoms with Crippen LogP contribution in [0, 0.1) is 5.92 Å². The van der Waals surface area contributed by atoms with E-state index in [1.54, 1.807) is 13.2 Å². The Hall–Kier alpha value is -1.41. The van der Waals surface area contributed by atoms with Gasteiger partial charge in [-0.2, -0.15) is 9.82 Å². The topological polar surface area (TPSA) is 101 Å². The van der Waals surface area contributed by atoms with E-state index in [2.05, 4.69) is 9.82 Å². The van der Waals surface area contributed by atoms with Crippen molar-refractivity contribution in [3.63, 3.8) is 0 Å². The summed E-state index contributed by atoms with van der Waals surface area (Å²) in [6, 6.07) is -1.08. The molecule has 0 amide bonds. The number of hydrogen-bond donors (Lipinski definition) is 2. The minimum absolute atomic E-state index is 0.111. The van der Waals surface area contributed by atoms with Gasteiger partial charge >= 0.3 is 5.97 Å². The number of sulfonamides is 1. The van der Waals surface area contributed by atoms with Crippen LogP contribution < -0.4 is 4.72 Å². The fourth-order valence-electron chi connectivity index (χ4n) is 3.65. The summed E-state index contributed by atoms with van der Waals surface area (Å²) < 4.78 is 29.3. The Morgan fingerprint density at radius 3 is 2.58 bits per heavy atom. The van der Waals surface area contributed by atoms with Crippen LogP contribution in [0.5, 0.6) is 0 Å². The van der Waals surface area contributed by atoms with E-state index in [1.807, 2.05) is 0 Å². The quantitative estimate of drug-likeness (QED) is 0.779. The first-order chi connectivity index (χ1) is 11.4. The van der Waals surface area contributed by atoms with Crippen LogP contribution in [0.3, 0.4) is 0 Å². The number of nitrogens with one attached hydrogen (secondary N) is 1. The zero-order valence-corrected chi connectivity index (χ0v) is 14.8. The van der Waals surface area contributed by atoms with E-state index in [9.17, 15) is 18.3 Å². The van der Waals surface area contributed by atoms with Crippen LogP contribution in [0.1, 0.15) is 62.8 Å². The van der Waals surface area contributed by atoms with E-state index < -0.39 is 22.0 Å². The zero-order chi connectivity index (χ0) is 17.3. The Bertz CT molecular complexity index is 703. The third-order valence-electron chi connectivity index (χ3n) is 5.07. The largest absolute Gasteiger partial charge is 0.480 e. The fourth-order valence-corrected chi connectivity index (χ4v) is 5.25. The van der Waals surface area contributed by atoms with Gasteiger partial charge in [-0.25, -0.2) is 8.42 Å². The summed E-state index contributed by atoms with van der Waals surface area (Å²) >= 11 is 0. The van der Waals surface area contributed by atoms with E-state index in [-0.39, 0.29) is 16.9 Å². The zero-order valence-electron chi connectivity index (χ0n) is 13.9. The summed E-state index contributed by atoms with van der Waals surface area (Å²) in [4.78, 5) is 11.6. The number of nitrogens with zero attached hydrogens (tertiary/aromatic N) is 2. The smallest absolute Gasteiger partial charge is 0.321 e. The molecular weight excluding hydrogens is 330 g/mol. The third-order valence-corrected chi connectivity index (χ3v) is 6.68. The molecule has 134 valence electrons. The summed E-state index contributed by atoms with van der Waals surface area (Å²) in [5.74, 6) is -0.608. The molecule has 7 nitrogen and oxygen atoms in total. The molecule has 2 fully saturated rings. The molecule has 0 saturated heterocycles. The first-order valence-electron chi connectivity index (χ1n) is 8.65. The highest BCUT2D eigenvalue weighted by Gasteiger charge is 2.36. The maximum Gasteiger partial charge on any atom is 0.321 e. The number of aromatic nitrogens is 2. The SMILES string of the molecule is Cn1ncc(C2CC2)c1S(=O)(=O)N[C@H](CC1CCCCC1)C(=O)O. The first kappa shape index (κ1) is 17.4. The van der Waals surface area contributed by atoms with Crippen LogP contribution in [-0.4, -0.2) is 35.3 Å². The van der Waals surface area contributed by atoms with Crippen molar-refractivity contribution < 1.29 is 18.3 Å². The lowest BCUT2D eigenvalue weighted by Gasteiger charge is -2.25. The predicted molar refractivity (Wildman–Crippen MR) is 88.1 cm³/mol. The Balaban J connectivity index is 1.78. The second-order valence-electron chi connectivity index (χ2n) is 7.05. The molecule has 2 aliphatic rings. The summed E-state index contributed by atoms with van der Waals surface area (Å²) in [6.45, 7) is 0. The maximum absolute atomic E-state index is 12.8. The molecule has 8 heteroatoms. The molecule has 2 N–H and O–H groups in total. The van der Waals surface area contributed by atoms with Crippen LogP contribution in [0.2, 0.25) is 0 Å². The van der Waals surface area contributed by atoms with Crippen molar-refractivity contribution in [2.24, 2.45) is 13.0 Å². The molecule has 0 radical (unpaired) electrons. The average Bonchev–Trinajstić information content (AvgIpc) is 3.29. The molecule has 2 aliphatic carbocycles. The van der Waals surface area contributed by atoms with Crippen molar-refractivity contribution in [3.05, 3.63) is 11.8 Å². The molecule has 0 unspecified atom stereocenters. The van der Waals surface area contributed by atoms with E-state index in [4.69, 9.17) is 0 Å². The van der Waals surface area contributed by atoms with Gasteiger partial charge in [0.25, 0.3) is 10.0 Å². The third kappa shape index (κ3) is 3.80. The highest BCUT2D eigenvalue weighted by atomic mass is 32.2.